The Hall–Kier alpha value is -3.20. The summed E-state index contributed by atoms with van der Waals surface area (Å²) in [6.45, 7) is 0.236. The van der Waals surface area contributed by atoms with Crippen molar-refractivity contribution in [1.29, 1.82) is 0 Å². The molecule has 2 N–H and O–H groups in total. The van der Waals surface area contributed by atoms with Crippen LogP contribution in [0.3, 0.4) is 0 Å². The number of hydrogen-bond donors (Lipinski definition) is 2. The maximum absolute atomic E-state index is 13.3. The molecule has 3 aromatic rings. The molecule has 0 unspecified atom stereocenters. The molecule has 7 nitrogen and oxygen atoms in total. The molecule has 0 saturated carbocycles. The van der Waals surface area contributed by atoms with Gasteiger partial charge in [0.2, 0.25) is 0 Å². The van der Waals surface area contributed by atoms with Crippen LogP contribution in [0, 0.1) is 0 Å². The summed E-state index contributed by atoms with van der Waals surface area (Å²) in [5, 5.41) is 9.14. The molecule has 1 saturated heterocycles. The topological polar surface area (TPSA) is 102 Å². The van der Waals surface area contributed by atoms with E-state index in [1.165, 1.54) is 17.6 Å². The summed E-state index contributed by atoms with van der Waals surface area (Å²) in [6, 6.07) is 23.5. The highest BCUT2D eigenvalue weighted by Gasteiger charge is 2.52. The van der Waals surface area contributed by atoms with Crippen molar-refractivity contribution in [3.63, 3.8) is 0 Å². The normalized spacial score (nSPS) is 15.7. The molecule has 1 aliphatic rings. The third-order valence-corrected chi connectivity index (χ3v) is 8.18. The monoisotopic (exact) mass is 453 g/mol. The van der Waals surface area contributed by atoms with Crippen molar-refractivity contribution < 1.29 is 27.9 Å². The average Bonchev–Trinajstić information content (AvgIpc) is 2.85. The molecule has 166 valence electrons. The lowest BCUT2D eigenvalue weighted by Crippen LogP contribution is -2.54. The van der Waals surface area contributed by atoms with E-state index in [-0.39, 0.29) is 31.0 Å². The quantitative estimate of drug-likeness (QED) is 0.433. The molecular formula is C24H23NO6S. The number of carbonyl (C=O) groups is 1. The van der Waals surface area contributed by atoms with E-state index < -0.39 is 20.5 Å². The van der Waals surface area contributed by atoms with Crippen LogP contribution in [0.15, 0.2) is 83.8 Å². The van der Waals surface area contributed by atoms with E-state index in [1.54, 1.807) is 12.1 Å². The average molecular weight is 454 g/mol. The number of ether oxygens (including phenoxy) is 2. The van der Waals surface area contributed by atoms with Crippen molar-refractivity contribution in [2.75, 3.05) is 13.2 Å². The summed E-state index contributed by atoms with van der Waals surface area (Å²) in [5.41, 5.74) is 3.67. The van der Waals surface area contributed by atoms with Gasteiger partial charge in [0.25, 0.3) is 5.91 Å². The molecule has 0 spiro atoms. The summed E-state index contributed by atoms with van der Waals surface area (Å²) < 4.78 is 35.9. The fourth-order valence-electron chi connectivity index (χ4n) is 3.82. The summed E-state index contributed by atoms with van der Waals surface area (Å²) >= 11 is 0. The largest absolute Gasteiger partial charge is 0.457 e. The maximum atomic E-state index is 13.3. The van der Waals surface area contributed by atoms with Gasteiger partial charge in [-0.05, 0) is 60.4 Å². The number of carbonyl (C=O) groups excluding carboxylic acids is 1. The molecular weight excluding hydrogens is 430 g/mol. The van der Waals surface area contributed by atoms with Gasteiger partial charge >= 0.3 is 0 Å². The fourth-order valence-corrected chi connectivity index (χ4v) is 5.75. The van der Waals surface area contributed by atoms with Crippen molar-refractivity contribution in [3.05, 3.63) is 78.9 Å². The number of nitrogens with one attached hydrogen (secondary N) is 1. The van der Waals surface area contributed by atoms with Gasteiger partial charge in [0, 0.05) is 13.2 Å². The van der Waals surface area contributed by atoms with Gasteiger partial charge in [-0.2, -0.15) is 0 Å². The van der Waals surface area contributed by atoms with Crippen molar-refractivity contribution in [2.45, 2.75) is 22.5 Å². The molecule has 8 heteroatoms. The molecule has 0 radical (unpaired) electrons. The van der Waals surface area contributed by atoms with E-state index in [1.807, 2.05) is 54.6 Å². The Morgan fingerprint density at radius 3 is 1.94 bits per heavy atom. The lowest BCUT2D eigenvalue weighted by atomic mass is 9.98. The van der Waals surface area contributed by atoms with Crippen molar-refractivity contribution >= 4 is 15.7 Å². The second-order valence-electron chi connectivity index (χ2n) is 7.51. The Balaban J connectivity index is 1.53. The van der Waals surface area contributed by atoms with Crippen molar-refractivity contribution in [2.24, 2.45) is 0 Å². The van der Waals surface area contributed by atoms with Crippen LogP contribution in [0.2, 0.25) is 0 Å². The van der Waals surface area contributed by atoms with Gasteiger partial charge in [0.05, 0.1) is 4.90 Å². The molecule has 1 heterocycles. The maximum Gasteiger partial charge on any atom is 0.265 e. The van der Waals surface area contributed by atoms with Crippen LogP contribution in [-0.2, 0) is 19.4 Å². The molecule has 0 atom stereocenters. The van der Waals surface area contributed by atoms with Gasteiger partial charge in [-0.15, -0.1) is 0 Å². The van der Waals surface area contributed by atoms with Gasteiger partial charge in [-0.1, -0.05) is 42.5 Å². The van der Waals surface area contributed by atoms with E-state index in [4.69, 9.17) is 14.7 Å². The van der Waals surface area contributed by atoms with Crippen molar-refractivity contribution in [1.82, 2.24) is 5.48 Å². The minimum absolute atomic E-state index is 0.0187. The van der Waals surface area contributed by atoms with Gasteiger partial charge < -0.3 is 9.47 Å². The lowest BCUT2D eigenvalue weighted by Gasteiger charge is -2.34. The molecule has 3 aromatic carbocycles. The zero-order valence-electron chi connectivity index (χ0n) is 17.2. The molecule has 0 bridgehead atoms. The summed E-state index contributed by atoms with van der Waals surface area (Å²) in [4.78, 5) is 12.3. The van der Waals surface area contributed by atoms with Gasteiger partial charge in [-0.25, -0.2) is 13.9 Å². The molecule has 32 heavy (non-hydrogen) atoms. The van der Waals surface area contributed by atoms with E-state index in [2.05, 4.69) is 0 Å². The van der Waals surface area contributed by atoms with E-state index in [0.29, 0.717) is 11.5 Å². The number of hydroxylamine groups is 1. The minimum atomic E-state index is -4.07. The third kappa shape index (κ3) is 4.12. The Morgan fingerprint density at radius 2 is 1.38 bits per heavy atom. The summed E-state index contributed by atoms with van der Waals surface area (Å²) in [5.74, 6) is 0.129. The highest BCUT2D eigenvalue weighted by molar-refractivity contribution is 7.93. The molecule has 1 aliphatic heterocycles. The third-order valence-electron chi connectivity index (χ3n) is 5.66. The number of hydrogen-bond acceptors (Lipinski definition) is 6. The van der Waals surface area contributed by atoms with E-state index in [9.17, 15) is 13.2 Å². The Kier molecular flexibility index (Phi) is 6.27. The van der Waals surface area contributed by atoms with Crippen LogP contribution in [0.5, 0.6) is 11.5 Å². The highest BCUT2D eigenvalue weighted by Crippen LogP contribution is 2.36. The van der Waals surface area contributed by atoms with Crippen LogP contribution in [-0.4, -0.2) is 37.5 Å². The molecule has 0 aromatic heterocycles. The van der Waals surface area contributed by atoms with E-state index >= 15 is 0 Å². The first-order chi connectivity index (χ1) is 15.5. The number of amides is 1. The second-order valence-corrected chi connectivity index (χ2v) is 9.77. The molecule has 1 fully saturated rings. The van der Waals surface area contributed by atoms with Gasteiger partial charge in [0.1, 0.15) is 11.5 Å². The van der Waals surface area contributed by atoms with Gasteiger partial charge in [0.15, 0.2) is 14.6 Å². The number of rotatable bonds is 6. The first kappa shape index (κ1) is 22.0. The first-order valence-corrected chi connectivity index (χ1v) is 11.6. The number of sulfone groups is 1. The SMILES string of the molecule is O=C(NO)C1(S(=O)(=O)c2ccc(Oc3ccc(-c4ccccc4)cc3)cc2)CCOCC1. The zero-order valence-corrected chi connectivity index (χ0v) is 18.0. The lowest BCUT2D eigenvalue weighted by molar-refractivity contribution is -0.134. The number of benzene rings is 3. The smallest absolute Gasteiger partial charge is 0.265 e. The second kappa shape index (κ2) is 9.12. The molecule has 1 amide bonds. The summed E-state index contributed by atoms with van der Waals surface area (Å²) in [6.07, 6.45) is -0.0680. The van der Waals surface area contributed by atoms with E-state index in [0.717, 1.165) is 11.1 Å². The van der Waals surface area contributed by atoms with Crippen molar-refractivity contribution in [3.8, 4) is 22.6 Å². The molecule has 4 rings (SSSR count). The first-order valence-electron chi connectivity index (χ1n) is 10.2. The highest BCUT2D eigenvalue weighted by atomic mass is 32.2. The summed E-state index contributed by atoms with van der Waals surface area (Å²) in [7, 11) is -4.07. The Bertz CT molecular complexity index is 1170. The standard InChI is InChI=1S/C24H23NO6S/c26-23(25-27)24(14-16-30-17-15-24)32(28,29)22-12-10-21(11-13-22)31-20-8-6-19(7-9-20)18-4-2-1-3-5-18/h1-13,27H,14-17H2,(H,25,26). The predicted molar refractivity (Wildman–Crippen MR) is 118 cm³/mol. The fraction of sp³-hybridized carbons (Fsp3) is 0.208. The Labute approximate surface area is 186 Å². The zero-order chi connectivity index (χ0) is 22.6. The molecule has 0 aliphatic carbocycles. The predicted octanol–water partition coefficient (Wildman–Crippen LogP) is 3.97. The van der Waals surface area contributed by atoms with Crippen LogP contribution >= 0.6 is 0 Å². The minimum Gasteiger partial charge on any atom is -0.457 e. The van der Waals surface area contributed by atoms with Crippen LogP contribution in [0.4, 0.5) is 0 Å². The Morgan fingerprint density at radius 1 is 0.844 bits per heavy atom. The van der Waals surface area contributed by atoms with Crippen LogP contribution in [0.1, 0.15) is 12.8 Å². The van der Waals surface area contributed by atoms with Crippen LogP contribution < -0.4 is 10.2 Å². The van der Waals surface area contributed by atoms with Gasteiger partial charge in [-0.3, -0.25) is 10.0 Å². The van der Waals surface area contributed by atoms with Crippen LogP contribution in [0.25, 0.3) is 11.1 Å².